The predicted molar refractivity (Wildman–Crippen MR) is 96.5 cm³/mol. The van der Waals surface area contributed by atoms with Crippen molar-refractivity contribution in [2.45, 2.75) is 59.4 Å². The summed E-state index contributed by atoms with van der Waals surface area (Å²) in [5.74, 6) is 1.32. The van der Waals surface area contributed by atoms with E-state index >= 15 is 0 Å². The molecular weight excluding hydrogens is 286 g/mol. The number of carbonyl (C=O) groups excluding carboxylic acids is 1. The molecule has 134 valence electrons. The summed E-state index contributed by atoms with van der Waals surface area (Å²) in [5.41, 5.74) is 0. The Balaban J connectivity index is 1.57. The minimum absolute atomic E-state index is 0.149. The molecule has 2 heterocycles. The van der Waals surface area contributed by atoms with Crippen LogP contribution in [0.25, 0.3) is 0 Å². The molecule has 0 aliphatic carbocycles. The SMILES string of the molecule is CC(C)C(=O)N1CCC(CCCN2CCN(C(C)C)CC2)CC1. The van der Waals surface area contributed by atoms with Gasteiger partial charge in [-0.2, -0.15) is 0 Å². The topological polar surface area (TPSA) is 26.8 Å². The average molecular weight is 324 g/mol. The number of likely N-dealkylation sites (tertiary alicyclic amines) is 1. The van der Waals surface area contributed by atoms with Crippen molar-refractivity contribution in [2.24, 2.45) is 11.8 Å². The van der Waals surface area contributed by atoms with Crippen LogP contribution in [0.4, 0.5) is 0 Å². The van der Waals surface area contributed by atoms with Gasteiger partial charge in [0.15, 0.2) is 0 Å². The van der Waals surface area contributed by atoms with E-state index in [1.807, 2.05) is 13.8 Å². The summed E-state index contributed by atoms with van der Waals surface area (Å²) in [6.45, 7) is 16.8. The number of piperazine rings is 1. The molecule has 23 heavy (non-hydrogen) atoms. The van der Waals surface area contributed by atoms with Gasteiger partial charge in [-0.15, -0.1) is 0 Å². The van der Waals surface area contributed by atoms with Crippen LogP contribution in [0.5, 0.6) is 0 Å². The Morgan fingerprint density at radius 1 is 0.957 bits per heavy atom. The minimum Gasteiger partial charge on any atom is -0.342 e. The van der Waals surface area contributed by atoms with Crippen molar-refractivity contribution < 1.29 is 4.79 Å². The second-order valence-corrected chi connectivity index (χ2v) is 8.04. The smallest absolute Gasteiger partial charge is 0.225 e. The summed E-state index contributed by atoms with van der Waals surface area (Å²) in [4.78, 5) is 19.3. The summed E-state index contributed by atoms with van der Waals surface area (Å²) in [6, 6.07) is 0.691. The van der Waals surface area contributed by atoms with E-state index < -0.39 is 0 Å². The maximum absolute atomic E-state index is 12.0. The maximum Gasteiger partial charge on any atom is 0.225 e. The van der Waals surface area contributed by atoms with Crippen molar-refractivity contribution in [1.82, 2.24) is 14.7 Å². The van der Waals surface area contributed by atoms with Crippen LogP contribution in [-0.4, -0.2) is 72.5 Å². The first-order valence-corrected chi connectivity index (χ1v) is 9.72. The van der Waals surface area contributed by atoms with Crippen molar-refractivity contribution in [3.63, 3.8) is 0 Å². The zero-order chi connectivity index (χ0) is 16.8. The second-order valence-electron chi connectivity index (χ2n) is 8.04. The Bertz CT molecular complexity index is 354. The molecular formula is C19H37N3O. The quantitative estimate of drug-likeness (QED) is 0.752. The lowest BCUT2D eigenvalue weighted by Crippen LogP contribution is -2.49. The van der Waals surface area contributed by atoms with E-state index in [1.54, 1.807) is 0 Å². The Labute approximate surface area is 143 Å². The maximum atomic E-state index is 12.0. The van der Waals surface area contributed by atoms with Crippen LogP contribution in [-0.2, 0) is 4.79 Å². The van der Waals surface area contributed by atoms with Crippen LogP contribution >= 0.6 is 0 Å². The van der Waals surface area contributed by atoms with Crippen LogP contribution < -0.4 is 0 Å². The van der Waals surface area contributed by atoms with Crippen LogP contribution in [0.1, 0.15) is 53.4 Å². The highest BCUT2D eigenvalue weighted by Gasteiger charge is 2.24. The molecule has 2 fully saturated rings. The molecule has 2 aliphatic heterocycles. The first kappa shape index (κ1) is 18.7. The standard InChI is InChI=1S/C19H37N3O/c1-16(2)19(23)22-10-7-18(8-11-22)6-5-9-20-12-14-21(15-13-20)17(3)4/h16-18H,5-15H2,1-4H3. The lowest BCUT2D eigenvalue weighted by Gasteiger charge is -2.37. The van der Waals surface area contributed by atoms with Gasteiger partial charge >= 0.3 is 0 Å². The molecule has 0 atom stereocenters. The van der Waals surface area contributed by atoms with Gasteiger partial charge in [0.1, 0.15) is 0 Å². The average Bonchev–Trinajstić information content (AvgIpc) is 2.55. The van der Waals surface area contributed by atoms with E-state index in [2.05, 4.69) is 28.5 Å². The van der Waals surface area contributed by atoms with Crippen molar-refractivity contribution >= 4 is 5.91 Å². The molecule has 2 aliphatic rings. The molecule has 0 radical (unpaired) electrons. The highest BCUT2D eigenvalue weighted by molar-refractivity contribution is 5.78. The normalized spacial score (nSPS) is 22.3. The number of amides is 1. The highest BCUT2D eigenvalue weighted by Crippen LogP contribution is 2.23. The van der Waals surface area contributed by atoms with Gasteiger partial charge in [-0.3, -0.25) is 9.69 Å². The second kappa shape index (κ2) is 9.03. The molecule has 0 N–H and O–H groups in total. The summed E-state index contributed by atoms with van der Waals surface area (Å²) in [7, 11) is 0. The fraction of sp³-hybridized carbons (Fsp3) is 0.947. The molecule has 0 unspecified atom stereocenters. The number of piperidine rings is 1. The number of rotatable bonds is 6. The number of hydrogen-bond donors (Lipinski definition) is 0. The lowest BCUT2D eigenvalue weighted by molar-refractivity contribution is -0.135. The zero-order valence-corrected chi connectivity index (χ0v) is 15.8. The van der Waals surface area contributed by atoms with Gasteiger partial charge in [-0.25, -0.2) is 0 Å². The highest BCUT2D eigenvalue weighted by atomic mass is 16.2. The molecule has 0 bridgehead atoms. The third-order valence-corrected chi connectivity index (χ3v) is 5.64. The first-order valence-electron chi connectivity index (χ1n) is 9.72. The molecule has 2 rings (SSSR count). The third kappa shape index (κ3) is 5.75. The summed E-state index contributed by atoms with van der Waals surface area (Å²) in [5, 5.41) is 0. The van der Waals surface area contributed by atoms with Crippen LogP contribution in [0.2, 0.25) is 0 Å². The molecule has 0 aromatic heterocycles. The largest absolute Gasteiger partial charge is 0.342 e. The molecule has 0 spiro atoms. The van der Waals surface area contributed by atoms with E-state index in [9.17, 15) is 4.79 Å². The first-order chi connectivity index (χ1) is 11.0. The van der Waals surface area contributed by atoms with Crippen molar-refractivity contribution in [2.75, 3.05) is 45.8 Å². The number of nitrogens with zero attached hydrogens (tertiary/aromatic N) is 3. The van der Waals surface area contributed by atoms with Gasteiger partial charge in [0.2, 0.25) is 5.91 Å². The predicted octanol–water partition coefficient (Wildman–Crippen LogP) is 2.69. The van der Waals surface area contributed by atoms with Gasteiger partial charge < -0.3 is 9.80 Å². The Kier molecular flexibility index (Phi) is 7.35. The van der Waals surface area contributed by atoms with Crippen LogP contribution in [0.15, 0.2) is 0 Å². The van der Waals surface area contributed by atoms with Gasteiger partial charge in [0.25, 0.3) is 0 Å². The molecule has 0 aromatic rings. The monoisotopic (exact) mass is 323 g/mol. The van der Waals surface area contributed by atoms with Crippen molar-refractivity contribution in [3.05, 3.63) is 0 Å². The minimum atomic E-state index is 0.149. The van der Waals surface area contributed by atoms with E-state index in [0.717, 1.165) is 19.0 Å². The number of carbonyl (C=O) groups is 1. The molecule has 0 saturated carbocycles. The molecule has 1 amide bonds. The Hall–Kier alpha value is -0.610. The van der Waals surface area contributed by atoms with E-state index in [4.69, 9.17) is 0 Å². The Morgan fingerprint density at radius 2 is 1.57 bits per heavy atom. The molecule has 4 nitrogen and oxygen atoms in total. The summed E-state index contributed by atoms with van der Waals surface area (Å²) < 4.78 is 0. The van der Waals surface area contributed by atoms with Crippen LogP contribution in [0.3, 0.4) is 0 Å². The van der Waals surface area contributed by atoms with E-state index in [1.165, 1.54) is 58.4 Å². The zero-order valence-electron chi connectivity index (χ0n) is 15.8. The third-order valence-electron chi connectivity index (χ3n) is 5.64. The van der Waals surface area contributed by atoms with Crippen molar-refractivity contribution in [3.8, 4) is 0 Å². The number of hydrogen-bond acceptors (Lipinski definition) is 3. The molecule has 4 heteroatoms. The van der Waals surface area contributed by atoms with Gasteiger partial charge in [0.05, 0.1) is 0 Å². The van der Waals surface area contributed by atoms with E-state index in [0.29, 0.717) is 11.9 Å². The Morgan fingerprint density at radius 3 is 2.09 bits per heavy atom. The fourth-order valence-electron chi connectivity index (χ4n) is 3.91. The van der Waals surface area contributed by atoms with Crippen molar-refractivity contribution in [1.29, 1.82) is 0 Å². The van der Waals surface area contributed by atoms with Gasteiger partial charge in [0, 0.05) is 51.2 Å². The molecule has 2 saturated heterocycles. The summed E-state index contributed by atoms with van der Waals surface area (Å²) in [6.07, 6.45) is 5.08. The van der Waals surface area contributed by atoms with Crippen LogP contribution in [0, 0.1) is 11.8 Å². The molecule has 0 aromatic carbocycles. The van der Waals surface area contributed by atoms with Gasteiger partial charge in [-0.1, -0.05) is 13.8 Å². The lowest BCUT2D eigenvalue weighted by atomic mass is 9.91. The van der Waals surface area contributed by atoms with E-state index in [-0.39, 0.29) is 5.92 Å². The fourth-order valence-corrected chi connectivity index (χ4v) is 3.91. The van der Waals surface area contributed by atoms with Gasteiger partial charge in [-0.05, 0) is 52.0 Å². The summed E-state index contributed by atoms with van der Waals surface area (Å²) >= 11 is 0.